The van der Waals surface area contributed by atoms with Gasteiger partial charge in [0.05, 0.1) is 12.1 Å². The number of hydrogen-bond donors (Lipinski definition) is 1. The van der Waals surface area contributed by atoms with Crippen LogP contribution in [0.5, 0.6) is 0 Å². The highest BCUT2D eigenvalue weighted by Gasteiger charge is 2.30. The van der Waals surface area contributed by atoms with Crippen molar-refractivity contribution in [2.45, 2.75) is 12.5 Å². The predicted octanol–water partition coefficient (Wildman–Crippen LogP) is 3.88. The second-order valence-electron chi connectivity index (χ2n) is 5.08. The van der Waals surface area contributed by atoms with Gasteiger partial charge in [-0.25, -0.2) is 4.39 Å². The Morgan fingerprint density at radius 3 is 2.50 bits per heavy atom. The van der Waals surface area contributed by atoms with Crippen molar-refractivity contribution in [1.82, 2.24) is 5.32 Å². The Hall–Kier alpha value is -1.72. The van der Waals surface area contributed by atoms with Crippen LogP contribution in [0, 0.1) is 5.82 Å². The summed E-state index contributed by atoms with van der Waals surface area (Å²) in [5.41, 5.74) is -0.0122. The first-order chi connectivity index (χ1) is 10.5. The molecule has 22 heavy (non-hydrogen) atoms. The lowest BCUT2D eigenvalue weighted by molar-refractivity contribution is 0.000382. The largest absolute Gasteiger partial charge is 0.372 e. The van der Waals surface area contributed by atoms with Gasteiger partial charge in [0.15, 0.2) is 0 Å². The lowest BCUT2D eigenvalue weighted by Gasteiger charge is -2.29. The summed E-state index contributed by atoms with van der Waals surface area (Å²) in [6.45, 7) is 1.90. The van der Waals surface area contributed by atoms with E-state index in [1.807, 2.05) is 6.07 Å². The van der Waals surface area contributed by atoms with Crippen LogP contribution in [-0.4, -0.2) is 19.6 Å². The van der Waals surface area contributed by atoms with Crippen molar-refractivity contribution in [2.75, 3.05) is 13.7 Å². The van der Waals surface area contributed by atoms with Crippen molar-refractivity contribution < 1.29 is 13.9 Å². The number of hydrogen-bond acceptors (Lipinski definition) is 2. The number of rotatable bonds is 5. The third-order valence-electron chi connectivity index (χ3n) is 3.60. The summed E-state index contributed by atoms with van der Waals surface area (Å²) in [7, 11) is 1.50. The van der Waals surface area contributed by atoms with E-state index in [1.165, 1.54) is 13.2 Å². The Balaban J connectivity index is 2.16. The van der Waals surface area contributed by atoms with Crippen molar-refractivity contribution in [2.24, 2.45) is 0 Å². The van der Waals surface area contributed by atoms with Gasteiger partial charge in [-0.05, 0) is 41.1 Å². The molecular formula is C17H17BrFNO2. The second kappa shape index (κ2) is 7.03. The molecule has 0 fully saturated rings. The fourth-order valence-corrected chi connectivity index (χ4v) is 2.62. The van der Waals surface area contributed by atoms with Crippen LogP contribution in [0.3, 0.4) is 0 Å². The molecule has 0 aliphatic heterocycles. The fraction of sp³-hybridized carbons (Fsp3) is 0.235. The van der Waals surface area contributed by atoms with E-state index in [0.29, 0.717) is 15.6 Å². The first-order valence-electron chi connectivity index (χ1n) is 6.81. The number of methoxy groups -OCH3 is 1. The quantitative estimate of drug-likeness (QED) is 0.872. The molecule has 0 saturated heterocycles. The topological polar surface area (TPSA) is 38.3 Å². The number of halogens is 2. The number of amides is 1. The zero-order chi connectivity index (χ0) is 16.2. The number of carbonyl (C=O) groups is 1. The SMILES string of the molecule is CO[C@](C)(CNC(=O)c1ccccc1Br)c1ccccc1F. The van der Waals surface area contributed by atoms with Gasteiger partial charge in [0.1, 0.15) is 11.4 Å². The van der Waals surface area contributed by atoms with Gasteiger partial charge >= 0.3 is 0 Å². The van der Waals surface area contributed by atoms with Crippen molar-refractivity contribution in [1.29, 1.82) is 0 Å². The number of nitrogens with one attached hydrogen (secondary N) is 1. The van der Waals surface area contributed by atoms with Crippen molar-refractivity contribution in [3.05, 3.63) is 69.9 Å². The van der Waals surface area contributed by atoms with E-state index >= 15 is 0 Å². The summed E-state index contributed by atoms with van der Waals surface area (Å²) < 4.78 is 20.1. The van der Waals surface area contributed by atoms with Gasteiger partial charge in [0.2, 0.25) is 0 Å². The first kappa shape index (κ1) is 16.6. The lowest BCUT2D eigenvalue weighted by Crippen LogP contribution is -2.40. The van der Waals surface area contributed by atoms with Crippen LogP contribution in [-0.2, 0) is 10.3 Å². The molecule has 0 aliphatic rings. The van der Waals surface area contributed by atoms with Crippen LogP contribution < -0.4 is 5.32 Å². The monoisotopic (exact) mass is 365 g/mol. The Morgan fingerprint density at radius 2 is 1.86 bits per heavy atom. The molecule has 0 heterocycles. The molecule has 116 valence electrons. The third-order valence-corrected chi connectivity index (χ3v) is 4.29. The molecule has 1 N–H and O–H groups in total. The fourth-order valence-electron chi connectivity index (χ4n) is 2.16. The molecule has 2 aromatic rings. The average molecular weight is 366 g/mol. The van der Waals surface area contributed by atoms with Crippen LogP contribution in [0.4, 0.5) is 4.39 Å². The minimum atomic E-state index is -0.942. The molecule has 0 aromatic heterocycles. The molecule has 1 amide bonds. The molecule has 2 rings (SSSR count). The predicted molar refractivity (Wildman–Crippen MR) is 87.2 cm³/mol. The van der Waals surface area contributed by atoms with Gasteiger partial charge in [-0.15, -0.1) is 0 Å². The molecular weight excluding hydrogens is 349 g/mol. The molecule has 0 spiro atoms. The van der Waals surface area contributed by atoms with E-state index in [2.05, 4.69) is 21.2 Å². The van der Waals surface area contributed by atoms with Crippen LogP contribution >= 0.6 is 15.9 Å². The highest BCUT2D eigenvalue weighted by molar-refractivity contribution is 9.10. The summed E-state index contributed by atoms with van der Waals surface area (Å²) in [6.07, 6.45) is 0. The molecule has 1 atom stereocenters. The van der Waals surface area contributed by atoms with Crippen molar-refractivity contribution in [3.8, 4) is 0 Å². The van der Waals surface area contributed by atoms with E-state index in [1.54, 1.807) is 43.3 Å². The minimum Gasteiger partial charge on any atom is -0.372 e. The van der Waals surface area contributed by atoms with E-state index in [0.717, 1.165) is 0 Å². The zero-order valence-electron chi connectivity index (χ0n) is 12.4. The number of ether oxygens (including phenoxy) is 1. The van der Waals surface area contributed by atoms with E-state index < -0.39 is 5.60 Å². The van der Waals surface area contributed by atoms with Crippen LogP contribution in [0.1, 0.15) is 22.8 Å². The average Bonchev–Trinajstić information content (AvgIpc) is 2.53. The van der Waals surface area contributed by atoms with Gasteiger partial charge < -0.3 is 10.1 Å². The highest BCUT2D eigenvalue weighted by Crippen LogP contribution is 2.26. The van der Waals surface area contributed by atoms with Crippen LogP contribution in [0.15, 0.2) is 53.0 Å². The molecule has 0 bridgehead atoms. The van der Waals surface area contributed by atoms with Gasteiger partial charge in [-0.1, -0.05) is 30.3 Å². The zero-order valence-corrected chi connectivity index (χ0v) is 14.0. The molecule has 2 aromatic carbocycles. The van der Waals surface area contributed by atoms with Crippen LogP contribution in [0.2, 0.25) is 0 Å². The van der Waals surface area contributed by atoms with E-state index in [-0.39, 0.29) is 18.3 Å². The highest BCUT2D eigenvalue weighted by atomic mass is 79.9. The van der Waals surface area contributed by atoms with Crippen molar-refractivity contribution >= 4 is 21.8 Å². The smallest absolute Gasteiger partial charge is 0.252 e. The van der Waals surface area contributed by atoms with Gasteiger partial charge in [-0.3, -0.25) is 4.79 Å². The lowest BCUT2D eigenvalue weighted by atomic mass is 9.95. The standard InChI is InChI=1S/C17H17BrFNO2/c1-17(22-2,13-8-4-6-10-15(13)19)11-20-16(21)12-7-3-5-9-14(12)18/h3-10H,11H2,1-2H3,(H,20,21)/t17-/m1/s1. The summed E-state index contributed by atoms with van der Waals surface area (Å²) in [5.74, 6) is -0.603. The first-order valence-corrected chi connectivity index (χ1v) is 7.60. The maximum atomic E-state index is 14.0. The maximum Gasteiger partial charge on any atom is 0.252 e. The van der Waals surface area contributed by atoms with Crippen LogP contribution in [0.25, 0.3) is 0 Å². The van der Waals surface area contributed by atoms with E-state index in [9.17, 15) is 9.18 Å². The molecule has 0 unspecified atom stereocenters. The summed E-state index contributed by atoms with van der Waals surface area (Å²) in [5, 5.41) is 2.80. The Bertz CT molecular complexity index is 677. The number of carbonyl (C=O) groups excluding carboxylic acids is 1. The van der Waals surface area contributed by atoms with Gasteiger partial charge in [0, 0.05) is 17.1 Å². The molecule has 3 nitrogen and oxygen atoms in total. The Morgan fingerprint density at radius 1 is 1.23 bits per heavy atom. The Labute approximate surface area is 137 Å². The van der Waals surface area contributed by atoms with Crippen molar-refractivity contribution in [3.63, 3.8) is 0 Å². The second-order valence-corrected chi connectivity index (χ2v) is 5.93. The number of benzene rings is 2. The molecule has 0 radical (unpaired) electrons. The summed E-state index contributed by atoms with van der Waals surface area (Å²) >= 11 is 3.34. The van der Waals surface area contributed by atoms with Gasteiger partial charge in [0.25, 0.3) is 5.91 Å². The summed E-state index contributed by atoms with van der Waals surface area (Å²) in [4.78, 5) is 12.3. The normalized spacial score (nSPS) is 13.5. The minimum absolute atomic E-state index is 0.157. The third kappa shape index (κ3) is 3.54. The summed E-state index contributed by atoms with van der Waals surface area (Å²) in [6, 6.07) is 13.5. The molecule has 5 heteroatoms. The Kier molecular flexibility index (Phi) is 5.32. The maximum absolute atomic E-state index is 14.0. The molecule has 0 aliphatic carbocycles. The molecule has 0 saturated carbocycles. The van der Waals surface area contributed by atoms with E-state index in [4.69, 9.17) is 4.74 Å². The van der Waals surface area contributed by atoms with Gasteiger partial charge in [-0.2, -0.15) is 0 Å².